The van der Waals surface area contributed by atoms with Gasteiger partial charge in [-0.1, -0.05) is 36.4 Å². The van der Waals surface area contributed by atoms with Gasteiger partial charge in [0.15, 0.2) is 0 Å². The van der Waals surface area contributed by atoms with Gasteiger partial charge in [-0.2, -0.15) is 0 Å². The van der Waals surface area contributed by atoms with Crippen LogP contribution >= 0.6 is 22.6 Å². The first-order chi connectivity index (χ1) is 3.18. The Kier molecular flexibility index (Phi) is 4.02. The molecule has 0 aliphatic heterocycles. The molecule has 0 aliphatic carbocycles. The Bertz CT molecular complexity index is 45.3. The average molecular weight is 214 g/mol. The quantitative estimate of drug-likeness (QED) is 0.544. The second-order valence-electron chi connectivity index (χ2n) is 1.94. The molecule has 0 aromatic carbocycles. The zero-order chi connectivity index (χ0) is 5.86. The summed E-state index contributed by atoms with van der Waals surface area (Å²) >= 11 is 2.25. The maximum Gasteiger partial charge on any atom is 0.0551 e. The van der Waals surface area contributed by atoms with Crippen LogP contribution in [-0.2, 0) is 0 Å². The highest BCUT2D eigenvalue weighted by Crippen LogP contribution is 2.10. The summed E-state index contributed by atoms with van der Waals surface area (Å²) in [5, 5.41) is 8.50. The number of alkyl halides is 1. The van der Waals surface area contributed by atoms with Crippen LogP contribution in [0, 0.1) is 5.92 Å². The van der Waals surface area contributed by atoms with Gasteiger partial charge in [0.2, 0.25) is 0 Å². The lowest BCUT2D eigenvalue weighted by Crippen LogP contribution is -2.10. The number of hydrogen-bond acceptors (Lipinski definition) is 1. The molecule has 1 nitrogen and oxygen atoms in total. The fraction of sp³-hybridized carbons (Fsp3) is 1.00. The van der Waals surface area contributed by atoms with Crippen LogP contribution in [0.1, 0.15) is 13.8 Å². The van der Waals surface area contributed by atoms with E-state index in [2.05, 4.69) is 36.4 Å². The summed E-state index contributed by atoms with van der Waals surface area (Å²) in [7, 11) is 0. The molecular weight excluding hydrogens is 203 g/mol. The van der Waals surface area contributed by atoms with Gasteiger partial charge in [-0.05, 0) is 5.92 Å². The van der Waals surface area contributed by atoms with Gasteiger partial charge in [0.05, 0.1) is 6.61 Å². The Labute approximate surface area is 58.3 Å². The smallest absolute Gasteiger partial charge is 0.0551 e. The maximum atomic E-state index is 8.50. The largest absolute Gasteiger partial charge is 0.395 e. The molecule has 0 spiro atoms. The summed E-state index contributed by atoms with van der Waals surface area (Å²) in [6, 6.07) is 0. The van der Waals surface area contributed by atoms with Crippen molar-refractivity contribution in [2.45, 2.75) is 17.8 Å². The van der Waals surface area contributed by atoms with Crippen LogP contribution in [0.2, 0.25) is 0 Å². The van der Waals surface area contributed by atoms with E-state index in [1.54, 1.807) is 0 Å². The highest BCUT2D eigenvalue weighted by molar-refractivity contribution is 14.1. The highest BCUT2D eigenvalue weighted by Gasteiger charge is 2.04. The lowest BCUT2D eigenvalue weighted by Gasteiger charge is -2.07. The first-order valence-corrected chi connectivity index (χ1v) is 3.68. The van der Waals surface area contributed by atoms with Crippen LogP contribution < -0.4 is 0 Å². The van der Waals surface area contributed by atoms with E-state index in [0.29, 0.717) is 16.4 Å². The van der Waals surface area contributed by atoms with E-state index in [9.17, 15) is 0 Å². The van der Waals surface area contributed by atoms with Crippen molar-refractivity contribution in [2.24, 2.45) is 5.92 Å². The van der Waals surface area contributed by atoms with E-state index in [4.69, 9.17) is 5.11 Å². The minimum absolute atomic E-state index is 0.304. The Hall–Kier alpha value is 0.690. The van der Waals surface area contributed by atoms with Gasteiger partial charge < -0.3 is 5.11 Å². The molecule has 2 heteroatoms. The van der Waals surface area contributed by atoms with Crippen LogP contribution in [0.5, 0.6) is 0 Å². The lowest BCUT2D eigenvalue weighted by molar-refractivity contribution is 0.281. The second-order valence-corrected chi connectivity index (χ2v) is 3.54. The van der Waals surface area contributed by atoms with Gasteiger partial charge in [0.25, 0.3) is 0 Å². The fourth-order valence-electron chi connectivity index (χ4n) is 0.211. The standard InChI is InChI=1S/C5H11IO/c1-4(2)5(6)3-7/h4-5,7H,3H2,1-2H3. The van der Waals surface area contributed by atoms with Crippen molar-refractivity contribution in [2.75, 3.05) is 6.61 Å². The number of hydrogen-bond donors (Lipinski definition) is 1. The van der Waals surface area contributed by atoms with E-state index in [-0.39, 0.29) is 0 Å². The monoisotopic (exact) mass is 214 g/mol. The summed E-state index contributed by atoms with van der Waals surface area (Å²) in [5.41, 5.74) is 0. The molecule has 0 bridgehead atoms. The Morgan fingerprint density at radius 2 is 2.00 bits per heavy atom. The summed E-state index contributed by atoms with van der Waals surface area (Å²) in [6.45, 7) is 4.51. The third-order valence-corrected chi connectivity index (χ3v) is 2.73. The third-order valence-electron chi connectivity index (χ3n) is 0.898. The minimum Gasteiger partial charge on any atom is -0.395 e. The second kappa shape index (κ2) is 3.66. The molecule has 44 valence electrons. The maximum absolute atomic E-state index is 8.50. The van der Waals surface area contributed by atoms with E-state index in [1.165, 1.54) is 0 Å². The van der Waals surface area contributed by atoms with E-state index in [0.717, 1.165) is 0 Å². The van der Waals surface area contributed by atoms with E-state index in [1.807, 2.05) is 0 Å². The van der Waals surface area contributed by atoms with Crippen molar-refractivity contribution >= 4 is 22.6 Å². The molecule has 7 heavy (non-hydrogen) atoms. The van der Waals surface area contributed by atoms with Crippen molar-refractivity contribution in [1.82, 2.24) is 0 Å². The zero-order valence-corrected chi connectivity index (χ0v) is 6.84. The van der Waals surface area contributed by atoms with Gasteiger partial charge in [-0.25, -0.2) is 0 Å². The summed E-state index contributed by atoms with van der Waals surface area (Å²) < 4.78 is 0.428. The van der Waals surface area contributed by atoms with Crippen molar-refractivity contribution < 1.29 is 5.11 Å². The van der Waals surface area contributed by atoms with Gasteiger partial charge in [0.1, 0.15) is 0 Å². The Morgan fingerprint density at radius 3 is 2.00 bits per heavy atom. The van der Waals surface area contributed by atoms with Crippen LogP contribution in [-0.4, -0.2) is 15.6 Å². The summed E-state index contributed by atoms with van der Waals surface area (Å²) in [5.74, 6) is 0.602. The normalized spacial score (nSPS) is 15.0. The molecule has 0 amide bonds. The number of rotatable bonds is 2. The topological polar surface area (TPSA) is 20.2 Å². The lowest BCUT2D eigenvalue weighted by atomic mass is 10.1. The van der Waals surface area contributed by atoms with Crippen molar-refractivity contribution in [3.63, 3.8) is 0 Å². The summed E-state index contributed by atoms with van der Waals surface area (Å²) in [6.07, 6.45) is 0. The number of halogens is 1. The fourth-order valence-corrected chi connectivity index (χ4v) is 0.211. The van der Waals surface area contributed by atoms with Crippen LogP contribution in [0.4, 0.5) is 0 Å². The molecule has 0 radical (unpaired) electrons. The number of aliphatic hydroxyl groups is 1. The van der Waals surface area contributed by atoms with Crippen molar-refractivity contribution in [1.29, 1.82) is 0 Å². The van der Waals surface area contributed by atoms with Gasteiger partial charge >= 0.3 is 0 Å². The molecule has 0 rings (SSSR count). The average Bonchev–Trinajstić information content (AvgIpc) is 1.65. The van der Waals surface area contributed by atoms with Crippen LogP contribution in [0.25, 0.3) is 0 Å². The van der Waals surface area contributed by atoms with E-state index < -0.39 is 0 Å². The summed E-state index contributed by atoms with van der Waals surface area (Å²) in [4.78, 5) is 0. The van der Waals surface area contributed by atoms with Crippen molar-refractivity contribution in [3.8, 4) is 0 Å². The molecule has 0 fully saturated rings. The molecule has 1 unspecified atom stereocenters. The predicted octanol–water partition coefficient (Wildman–Crippen LogP) is 1.44. The van der Waals surface area contributed by atoms with Crippen LogP contribution in [0.15, 0.2) is 0 Å². The SMILES string of the molecule is CC(C)C(I)CO. The first kappa shape index (κ1) is 7.69. The van der Waals surface area contributed by atoms with Gasteiger partial charge in [-0.3, -0.25) is 0 Å². The minimum atomic E-state index is 0.304. The van der Waals surface area contributed by atoms with Gasteiger partial charge in [0, 0.05) is 3.92 Å². The first-order valence-electron chi connectivity index (χ1n) is 2.43. The highest BCUT2D eigenvalue weighted by atomic mass is 127. The Balaban J connectivity index is 3.14. The molecule has 0 aliphatic rings. The predicted molar refractivity (Wildman–Crippen MR) is 39.7 cm³/mol. The molecule has 1 atom stereocenters. The molecule has 0 saturated heterocycles. The number of aliphatic hydroxyl groups excluding tert-OH is 1. The molecule has 0 heterocycles. The molecular formula is C5H11IO. The van der Waals surface area contributed by atoms with Crippen molar-refractivity contribution in [3.05, 3.63) is 0 Å². The molecule has 0 aromatic heterocycles. The molecule has 0 saturated carbocycles. The van der Waals surface area contributed by atoms with E-state index >= 15 is 0 Å². The van der Waals surface area contributed by atoms with Crippen LogP contribution in [0.3, 0.4) is 0 Å². The third kappa shape index (κ3) is 3.29. The Morgan fingerprint density at radius 1 is 1.57 bits per heavy atom. The molecule has 1 N–H and O–H groups in total. The zero-order valence-electron chi connectivity index (χ0n) is 4.69. The van der Waals surface area contributed by atoms with Gasteiger partial charge in [-0.15, -0.1) is 0 Å². The molecule has 0 aromatic rings.